The van der Waals surface area contributed by atoms with E-state index >= 15 is 0 Å². The molecule has 1 saturated heterocycles. The van der Waals surface area contributed by atoms with Crippen LogP contribution in [0.5, 0.6) is 0 Å². The summed E-state index contributed by atoms with van der Waals surface area (Å²) in [5.41, 5.74) is 1.34. The molecule has 1 aliphatic heterocycles. The highest BCUT2D eigenvalue weighted by molar-refractivity contribution is 5.14. The zero-order valence-corrected chi connectivity index (χ0v) is 12.2. The van der Waals surface area contributed by atoms with Gasteiger partial charge in [-0.05, 0) is 24.3 Å². The molecule has 0 radical (unpaired) electrons. The van der Waals surface area contributed by atoms with E-state index in [0.717, 1.165) is 38.6 Å². The van der Waals surface area contributed by atoms with Crippen LogP contribution in [0, 0.1) is 5.92 Å². The van der Waals surface area contributed by atoms with Crippen molar-refractivity contribution in [2.45, 2.75) is 31.9 Å². The number of hydrogen-bond donors (Lipinski definition) is 1. The molecular formula is C17H26N2O. The number of aliphatic hydroxyl groups is 1. The SMILES string of the molecule is OC1CN(Cc2ccccc2)CCN(CC2CCC2)C1. The maximum atomic E-state index is 10.2. The van der Waals surface area contributed by atoms with Crippen molar-refractivity contribution in [2.24, 2.45) is 5.92 Å². The van der Waals surface area contributed by atoms with E-state index in [1.807, 2.05) is 0 Å². The van der Waals surface area contributed by atoms with E-state index in [9.17, 15) is 5.11 Å². The van der Waals surface area contributed by atoms with Crippen molar-refractivity contribution in [3.63, 3.8) is 0 Å². The molecule has 0 bridgehead atoms. The van der Waals surface area contributed by atoms with Crippen LogP contribution in [0.15, 0.2) is 30.3 Å². The Morgan fingerprint density at radius 3 is 2.40 bits per heavy atom. The maximum Gasteiger partial charge on any atom is 0.0793 e. The first kappa shape index (κ1) is 14.1. The van der Waals surface area contributed by atoms with E-state index in [-0.39, 0.29) is 6.10 Å². The summed E-state index contributed by atoms with van der Waals surface area (Å²) in [6, 6.07) is 10.6. The van der Waals surface area contributed by atoms with Gasteiger partial charge in [-0.3, -0.25) is 9.80 Å². The van der Waals surface area contributed by atoms with Crippen LogP contribution in [0.25, 0.3) is 0 Å². The Labute approximate surface area is 122 Å². The molecule has 110 valence electrons. The highest BCUT2D eigenvalue weighted by Crippen LogP contribution is 2.27. The number of hydrogen-bond acceptors (Lipinski definition) is 3. The largest absolute Gasteiger partial charge is 0.390 e. The zero-order chi connectivity index (χ0) is 13.8. The highest BCUT2D eigenvalue weighted by atomic mass is 16.3. The van der Waals surface area contributed by atoms with Crippen molar-refractivity contribution < 1.29 is 5.11 Å². The first-order valence-electron chi connectivity index (χ1n) is 7.96. The lowest BCUT2D eigenvalue weighted by Crippen LogP contribution is -2.38. The predicted molar refractivity (Wildman–Crippen MR) is 81.5 cm³/mol. The summed E-state index contributed by atoms with van der Waals surface area (Å²) in [6.45, 7) is 5.96. The average molecular weight is 274 g/mol. The molecule has 1 aromatic rings. The van der Waals surface area contributed by atoms with E-state index < -0.39 is 0 Å². The van der Waals surface area contributed by atoms with Crippen molar-refractivity contribution >= 4 is 0 Å². The van der Waals surface area contributed by atoms with Crippen LogP contribution >= 0.6 is 0 Å². The third-order valence-electron chi connectivity index (χ3n) is 4.66. The summed E-state index contributed by atoms with van der Waals surface area (Å²) >= 11 is 0. The van der Waals surface area contributed by atoms with Gasteiger partial charge in [0.2, 0.25) is 0 Å². The van der Waals surface area contributed by atoms with Gasteiger partial charge in [0, 0.05) is 39.3 Å². The number of aliphatic hydroxyl groups excluding tert-OH is 1. The Kier molecular flexibility index (Phi) is 4.71. The first-order valence-corrected chi connectivity index (χ1v) is 7.96. The fraction of sp³-hybridized carbons (Fsp3) is 0.647. The third-order valence-corrected chi connectivity index (χ3v) is 4.66. The summed E-state index contributed by atoms with van der Waals surface area (Å²) in [7, 11) is 0. The predicted octanol–water partition coefficient (Wildman–Crippen LogP) is 1.97. The van der Waals surface area contributed by atoms with Gasteiger partial charge < -0.3 is 5.11 Å². The second-order valence-electron chi connectivity index (χ2n) is 6.43. The van der Waals surface area contributed by atoms with E-state index in [1.54, 1.807) is 0 Å². The molecule has 1 heterocycles. The van der Waals surface area contributed by atoms with Gasteiger partial charge in [0.25, 0.3) is 0 Å². The lowest BCUT2D eigenvalue weighted by Gasteiger charge is -2.32. The van der Waals surface area contributed by atoms with Crippen LogP contribution in [0.1, 0.15) is 24.8 Å². The van der Waals surface area contributed by atoms with Crippen molar-refractivity contribution in [1.29, 1.82) is 0 Å². The van der Waals surface area contributed by atoms with E-state index in [0.29, 0.717) is 0 Å². The standard InChI is InChI=1S/C17H26N2O/c20-17-13-18(11-15-5-2-1-3-6-15)9-10-19(14-17)12-16-7-4-8-16/h1-3,5-6,16-17,20H,4,7-14H2. The Balaban J connectivity index is 1.53. The van der Waals surface area contributed by atoms with Gasteiger partial charge in [-0.1, -0.05) is 36.8 Å². The van der Waals surface area contributed by atoms with Crippen LogP contribution in [-0.2, 0) is 6.54 Å². The van der Waals surface area contributed by atoms with Gasteiger partial charge in [-0.2, -0.15) is 0 Å². The molecule has 1 N–H and O–H groups in total. The van der Waals surface area contributed by atoms with Crippen molar-refractivity contribution in [3.8, 4) is 0 Å². The Bertz CT molecular complexity index is 405. The molecule has 2 aliphatic rings. The minimum Gasteiger partial charge on any atom is -0.390 e. The summed E-state index contributed by atoms with van der Waals surface area (Å²) in [5.74, 6) is 0.892. The van der Waals surface area contributed by atoms with Crippen LogP contribution in [-0.4, -0.2) is 53.7 Å². The summed E-state index contributed by atoms with van der Waals surface area (Å²) < 4.78 is 0. The number of rotatable bonds is 4. The molecule has 0 amide bonds. The smallest absolute Gasteiger partial charge is 0.0793 e. The lowest BCUT2D eigenvalue weighted by molar-refractivity contribution is 0.0958. The minimum atomic E-state index is -0.207. The highest BCUT2D eigenvalue weighted by Gasteiger charge is 2.25. The second kappa shape index (κ2) is 6.70. The summed E-state index contributed by atoms with van der Waals surface area (Å²) in [6.07, 6.45) is 3.98. The van der Waals surface area contributed by atoms with Gasteiger partial charge >= 0.3 is 0 Å². The van der Waals surface area contributed by atoms with Crippen LogP contribution in [0.3, 0.4) is 0 Å². The number of β-amino-alcohol motifs (C(OH)–C–C–N with tert-alkyl or cyclic N) is 1. The Hall–Kier alpha value is -0.900. The van der Waals surface area contributed by atoms with Gasteiger partial charge in [0.15, 0.2) is 0 Å². The van der Waals surface area contributed by atoms with Gasteiger partial charge in [0.1, 0.15) is 0 Å². The molecule has 3 rings (SSSR count). The Morgan fingerprint density at radius 1 is 1.00 bits per heavy atom. The molecule has 0 spiro atoms. The summed E-state index contributed by atoms with van der Waals surface area (Å²) in [5, 5.41) is 10.2. The van der Waals surface area contributed by atoms with Gasteiger partial charge in [0.05, 0.1) is 6.10 Å². The molecule has 1 aliphatic carbocycles. The molecule has 1 saturated carbocycles. The fourth-order valence-electron chi connectivity index (χ4n) is 3.31. The number of benzene rings is 1. The fourth-order valence-corrected chi connectivity index (χ4v) is 3.31. The molecular weight excluding hydrogens is 248 g/mol. The second-order valence-corrected chi connectivity index (χ2v) is 6.43. The molecule has 0 aromatic heterocycles. The zero-order valence-electron chi connectivity index (χ0n) is 12.2. The maximum absolute atomic E-state index is 10.2. The molecule has 3 nitrogen and oxygen atoms in total. The minimum absolute atomic E-state index is 0.207. The van der Waals surface area contributed by atoms with Crippen molar-refractivity contribution in [3.05, 3.63) is 35.9 Å². The number of nitrogens with zero attached hydrogens (tertiary/aromatic N) is 2. The van der Waals surface area contributed by atoms with Gasteiger partial charge in [-0.15, -0.1) is 0 Å². The molecule has 1 aromatic carbocycles. The molecule has 1 atom stereocenters. The monoisotopic (exact) mass is 274 g/mol. The third kappa shape index (κ3) is 3.81. The quantitative estimate of drug-likeness (QED) is 0.909. The lowest BCUT2D eigenvalue weighted by atomic mass is 9.85. The molecule has 20 heavy (non-hydrogen) atoms. The van der Waals surface area contributed by atoms with E-state index in [4.69, 9.17) is 0 Å². The van der Waals surface area contributed by atoms with E-state index in [1.165, 1.54) is 31.4 Å². The average Bonchev–Trinajstić information content (AvgIpc) is 2.57. The molecule has 3 heteroatoms. The van der Waals surface area contributed by atoms with Crippen LogP contribution in [0.2, 0.25) is 0 Å². The normalized spacial score (nSPS) is 26.1. The van der Waals surface area contributed by atoms with Gasteiger partial charge in [-0.25, -0.2) is 0 Å². The first-order chi connectivity index (χ1) is 9.79. The molecule has 1 unspecified atom stereocenters. The van der Waals surface area contributed by atoms with Crippen LogP contribution < -0.4 is 0 Å². The Morgan fingerprint density at radius 2 is 1.70 bits per heavy atom. The van der Waals surface area contributed by atoms with Crippen molar-refractivity contribution in [1.82, 2.24) is 9.80 Å². The van der Waals surface area contributed by atoms with Crippen molar-refractivity contribution in [2.75, 3.05) is 32.7 Å². The molecule has 2 fully saturated rings. The van der Waals surface area contributed by atoms with Crippen LogP contribution in [0.4, 0.5) is 0 Å². The van der Waals surface area contributed by atoms with E-state index in [2.05, 4.69) is 40.1 Å². The topological polar surface area (TPSA) is 26.7 Å². The summed E-state index contributed by atoms with van der Waals surface area (Å²) in [4.78, 5) is 4.86.